The van der Waals surface area contributed by atoms with E-state index in [2.05, 4.69) is 21.4 Å². The monoisotopic (exact) mass is 972 g/mol. The number of aryl methyl sites for hydroxylation is 6. The molecule has 0 heterocycles. The van der Waals surface area contributed by atoms with Crippen LogP contribution < -0.4 is 0 Å². The van der Waals surface area contributed by atoms with Crippen molar-refractivity contribution < 1.29 is 23.7 Å². The molecule has 6 rings (SSSR count). The Kier molecular flexibility index (Phi) is 27.3. The molecule has 5 nitrogen and oxygen atoms in total. The van der Waals surface area contributed by atoms with E-state index in [4.69, 9.17) is 105 Å². The highest BCUT2D eigenvalue weighted by atomic mass is 36.0. The average molecular weight is 977 g/mol. The van der Waals surface area contributed by atoms with E-state index in [9.17, 15) is 0 Å². The first-order valence-electron chi connectivity index (χ1n) is 16.2. The minimum atomic E-state index is -3.72. The van der Waals surface area contributed by atoms with Crippen molar-refractivity contribution in [1.29, 1.82) is 0 Å². The zero-order valence-electron chi connectivity index (χ0n) is 31.5. The van der Waals surface area contributed by atoms with Crippen molar-refractivity contribution in [2.24, 2.45) is 0 Å². The van der Waals surface area contributed by atoms with Gasteiger partial charge in [-0.2, -0.15) is 8.42 Å². The lowest BCUT2D eigenvalue weighted by Crippen LogP contribution is -1.72. The summed E-state index contributed by atoms with van der Waals surface area (Å²) in [4.78, 5) is 0. The van der Waals surface area contributed by atoms with Crippen LogP contribution in [-0.2, 0) is 8.26 Å². The third kappa shape index (κ3) is 29.2. The second kappa shape index (κ2) is 28.7. The fraction of sp³-hybridized carbons (Fsp3) is 0.143. The van der Waals surface area contributed by atoms with Gasteiger partial charge in [0.05, 0.1) is 15.1 Å². The molecule has 0 aromatic heterocycles. The molecular weight excluding hydrogens is 936 g/mol. The highest BCUT2D eigenvalue weighted by molar-refractivity contribution is 8.31. The Labute approximate surface area is 380 Å². The Morgan fingerprint density at radius 2 is 0.789 bits per heavy atom. The van der Waals surface area contributed by atoms with E-state index in [1.54, 1.807) is 60.7 Å². The number of phenols is 3. The molecule has 0 aliphatic carbocycles. The fourth-order valence-electron chi connectivity index (χ4n) is 3.69. The number of aromatic hydroxyl groups is 3. The summed E-state index contributed by atoms with van der Waals surface area (Å²) in [5, 5.41) is 31.3. The minimum Gasteiger partial charge on any atom is -0.508 e. The van der Waals surface area contributed by atoms with Crippen LogP contribution in [0.25, 0.3) is 0 Å². The molecule has 6 aromatic carbocycles. The first kappa shape index (κ1) is 54.3. The zero-order chi connectivity index (χ0) is 43.9. The number of phenolic OH excluding ortho intramolecular Hbond substituents is 3. The number of benzene rings is 6. The lowest BCUT2D eigenvalue weighted by molar-refractivity contribution is 0.474. The second-order valence-corrected chi connectivity index (χ2v) is 18.3. The van der Waals surface area contributed by atoms with E-state index in [1.165, 1.54) is 5.56 Å². The molecule has 0 radical (unpaired) electrons. The van der Waals surface area contributed by atoms with Crippen LogP contribution >= 0.6 is 103 Å². The summed E-state index contributed by atoms with van der Waals surface area (Å²) in [5.41, 5.74) is 6.35. The normalized spacial score (nSPS) is 9.67. The van der Waals surface area contributed by atoms with E-state index in [-0.39, 0.29) is 11.5 Å². The molecule has 0 aliphatic heterocycles. The molecule has 6 aromatic rings. The summed E-state index contributed by atoms with van der Waals surface area (Å²) in [7, 11) is 4.81. The van der Waals surface area contributed by atoms with Crippen molar-refractivity contribution in [3.05, 3.63) is 190 Å². The molecule has 0 bridgehead atoms. The minimum absolute atomic E-state index is 0.150. The number of rotatable bonds is 0. The van der Waals surface area contributed by atoms with Gasteiger partial charge in [-0.15, -0.1) is 0 Å². The number of hydrogen-bond acceptors (Lipinski definition) is 5. The topological polar surface area (TPSA) is 94.8 Å². The van der Waals surface area contributed by atoms with Crippen molar-refractivity contribution in [3.63, 3.8) is 0 Å². The Morgan fingerprint density at radius 3 is 1.12 bits per heavy atom. The van der Waals surface area contributed by atoms with Crippen LogP contribution in [0.1, 0.15) is 33.4 Å². The van der Waals surface area contributed by atoms with Gasteiger partial charge in [0.1, 0.15) is 17.2 Å². The van der Waals surface area contributed by atoms with Crippen LogP contribution in [0.2, 0.25) is 35.2 Å². The van der Waals surface area contributed by atoms with Gasteiger partial charge in [0.15, 0.2) is 0 Å². The molecule has 0 atom stereocenters. The van der Waals surface area contributed by atoms with Crippen molar-refractivity contribution >= 4 is 111 Å². The molecule has 15 heteroatoms. The van der Waals surface area contributed by atoms with Crippen LogP contribution in [0.3, 0.4) is 0 Å². The lowest BCUT2D eigenvalue weighted by Gasteiger charge is -1.95. The van der Waals surface area contributed by atoms with E-state index >= 15 is 0 Å². The second-order valence-electron chi connectivity index (χ2n) is 11.7. The van der Waals surface area contributed by atoms with Crippen LogP contribution in [0.15, 0.2) is 121 Å². The molecular formula is C42H41Cl9O5S. The van der Waals surface area contributed by atoms with Crippen molar-refractivity contribution in [3.8, 4) is 17.2 Å². The summed E-state index contributed by atoms with van der Waals surface area (Å²) >= 11 is 39.6. The molecule has 0 saturated heterocycles. The average Bonchev–Trinajstić information content (AvgIpc) is 3.09. The van der Waals surface area contributed by atoms with Gasteiger partial charge >= 0.3 is 8.26 Å². The molecule has 0 amide bonds. The van der Waals surface area contributed by atoms with Crippen molar-refractivity contribution in [1.82, 2.24) is 0 Å². The summed E-state index contributed by atoms with van der Waals surface area (Å²) in [6.07, 6.45) is 0. The van der Waals surface area contributed by atoms with Gasteiger partial charge in [-0.1, -0.05) is 118 Å². The van der Waals surface area contributed by atoms with Crippen LogP contribution in [0.4, 0.5) is 0 Å². The first-order valence-corrected chi connectivity index (χ1v) is 22.0. The maximum Gasteiger partial charge on any atom is 0.317 e. The molecule has 308 valence electrons. The predicted molar refractivity (Wildman–Crippen MR) is 248 cm³/mol. The fourth-order valence-corrected chi connectivity index (χ4v) is 4.87. The third-order valence-electron chi connectivity index (χ3n) is 6.42. The zero-order valence-corrected chi connectivity index (χ0v) is 39.1. The Balaban J connectivity index is 0.000000646. The maximum absolute atomic E-state index is 9.16. The highest BCUT2D eigenvalue weighted by Gasteiger charge is 1.96. The van der Waals surface area contributed by atoms with Gasteiger partial charge in [-0.3, -0.25) is 0 Å². The first-order chi connectivity index (χ1) is 26.4. The Morgan fingerprint density at radius 1 is 0.386 bits per heavy atom. The Bertz CT molecular complexity index is 1950. The molecule has 0 fully saturated rings. The smallest absolute Gasteiger partial charge is 0.317 e. The van der Waals surface area contributed by atoms with Gasteiger partial charge in [-0.25, -0.2) is 0 Å². The predicted octanol–water partition coefficient (Wildman–Crippen LogP) is 16.4. The molecule has 0 saturated carbocycles. The molecule has 0 unspecified atom stereocenters. The van der Waals surface area contributed by atoms with Gasteiger partial charge in [0.2, 0.25) is 0 Å². The summed E-state index contributed by atoms with van der Waals surface area (Å²) < 4.78 is 18.3. The SMILES string of the molecule is Cc1cc(Cl)ccc1Cl.Cc1cc(O)ccc1Cl.Cc1ccc(Cl)c(Cl)c1.Cc1ccc(Cl)c(O)c1.Cc1cccc(Cl)c1.Cc1cccc(O)c1.O=S(=O)(Cl)Cl. The molecule has 0 spiro atoms. The maximum atomic E-state index is 9.16. The van der Waals surface area contributed by atoms with Gasteiger partial charge in [-0.05, 0) is 160 Å². The number of halogens is 9. The van der Waals surface area contributed by atoms with E-state index in [0.29, 0.717) is 25.8 Å². The van der Waals surface area contributed by atoms with Crippen LogP contribution in [0.5, 0.6) is 17.2 Å². The summed E-state index contributed by atoms with van der Waals surface area (Å²) in [6, 6.07) is 35.9. The Hall–Kier alpha value is -2.72. The summed E-state index contributed by atoms with van der Waals surface area (Å²) in [6.45, 7) is 11.6. The van der Waals surface area contributed by atoms with Gasteiger partial charge in [0, 0.05) is 41.5 Å². The van der Waals surface area contributed by atoms with Crippen molar-refractivity contribution in [2.45, 2.75) is 41.5 Å². The largest absolute Gasteiger partial charge is 0.508 e. The standard InChI is InChI=1S/2C7H6Cl2.2C7H7ClO.C7H7Cl.C7H8O.Cl2O2S/c1-5-4-6(8)2-3-7(5)9;1-5-2-3-6(8)7(9)4-5;1-5-4-6(9)2-3-7(5)8;1-5-2-3-6(8)7(9)4-5;2*1-6-3-2-4-7(8)5-6;1-5(2,3)4/h2*2-4H,1H3;2*2-4,9H,1H3;2-5H,1H3;2-5,8H,1H3;. The van der Waals surface area contributed by atoms with E-state index in [0.717, 1.165) is 42.9 Å². The van der Waals surface area contributed by atoms with Gasteiger partial charge in [0.25, 0.3) is 0 Å². The highest BCUT2D eigenvalue weighted by Crippen LogP contribution is 2.24. The van der Waals surface area contributed by atoms with Gasteiger partial charge < -0.3 is 15.3 Å². The molecule has 0 aliphatic rings. The van der Waals surface area contributed by atoms with Crippen molar-refractivity contribution in [2.75, 3.05) is 0 Å². The van der Waals surface area contributed by atoms with Crippen LogP contribution in [-0.4, -0.2) is 23.7 Å². The summed E-state index contributed by atoms with van der Waals surface area (Å²) in [5.74, 6) is 0.749. The molecule has 3 N–H and O–H groups in total. The third-order valence-corrected chi connectivity index (χ3v) is 8.80. The molecule has 57 heavy (non-hydrogen) atoms. The van der Waals surface area contributed by atoms with E-state index < -0.39 is 8.26 Å². The van der Waals surface area contributed by atoms with E-state index in [1.807, 2.05) is 102 Å². The number of hydrogen-bond donors (Lipinski definition) is 3. The lowest BCUT2D eigenvalue weighted by atomic mass is 10.2. The van der Waals surface area contributed by atoms with Crippen LogP contribution in [0, 0.1) is 41.5 Å². The quantitative estimate of drug-likeness (QED) is 0.132.